The van der Waals surface area contributed by atoms with E-state index in [0.29, 0.717) is 12.1 Å². The Hall–Kier alpha value is -1.96. The third-order valence-electron chi connectivity index (χ3n) is 3.08. The van der Waals surface area contributed by atoms with Crippen LogP contribution in [-0.2, 0) is 17.8 Å². The van der Waals surface area contributed by atoms with Crippen LogP contribution in [0.15, 0.2) is 0 Å². The molecule has 0 unspecified atom stereocenters. The van der Waals surface area contributed by atoms with Gasteiger partial charge in [-0.2, -0.15) is 0 Å². The lowest BCUT2D eigenvalue weighted by molar-refractivity contribution is -0.123. The summed E-state index contributed by atoms with van der Waals surface area (Å²) in [4.78, 5) is 23.0. The molecule has 1 amide bonds. The Morgan fingerprint density at radius 3 is 2.60 bits per heavy atom. The van der Waals surface area contributed by atoms with Gasteiger partial charge in [-0.3, -0.25) is 4.79 Å². The predicted molar refractivity (Wildman–Crippen MR) is 72.3 cm³/mol. The highest BCUT2D eigenvalue weighted by molar-refractivity contribution is 5.86. The maximum Gasteiger partial charge on any atom is 0.358 e. The van der Waals surface area contributed by atoms with E-state index in [9.17, 15) is 9.59 Å². The lowest BCUT2D eigenvalue weighted by atomic mass is 10.0. The molecule has 8 nitrogen and oxygen atoms in total. The van der Waals surface area contributed by atoms with E-state index in [-0.39, 0.29) is 30.2 Å². The molecule has 1 aromatic heterocycles. The molecule has 20 heavy (non-hydrogen) atoms. The van der Waals surface area contributed by atoms with Crippen LogP contribution in [0, 0.1) is 0 Å². The fourth-order valence-electron chi connectivity index (χ4n) is 1.65. The van der Waals surface area contributed by atoms with Crippen molar-refractivity contribution in [2.45, 2.75) is 45.7 Å². The molecule has 0 spiro atoms. The summed E-state index contributed by atoms with van der Waals surface area (Å²) >= 11 is 0. The minimum absolute atomic E-state index is 0.0704. The van der Waals surface area contributed by atoms with Gasteiger partial charge in [0, 0.05) is 12.0 Å². The number of nitrogens with zero attached hydrogens (tertiary/aromatic N) is 3. The fourth-order valence-corrected chi connectivity index (χ4v) is 1.65. The van der Waals surface area contributed by atoms with E-state index in [1.54, 1.807) is 0 Å². The van der Waals surface area contributed by atoms with Crippen molar-refractivity contribution in [2.75, 3.05) is 6.54 Å². The topological polar surface area (TPSA) is 123 Å². The van der Waals surface area contributed by atoms with Crippen LogP contribution in [-0.4, -0.2) is 44.1 Å². The van der Waals surface area contributed by atoms with Gasteiger partial charge in [0.1, 0.15) is 6.54 Å². The smallest absolute Gasteiger partial charge is 0.358 e. The molecule has 0 bridgehead atoms. The molecule has 0 atom stereocenters. The van der Waals surface area contributed by atoms with Crippen LogP contribution in [0.25, 0.3) is 0 Å². The number of hydrogen-bond donors (Lipinski definition) is 3. The van der Waals surface area contributed by atoms with Crippen LogP contribution in [0.2, 0.25) is 0 Å². The molecule has 0 aliphatic heterocycles. The average Bonchev–Trinajstić information content (AvgIpc) is 2.72. The van der Waals surface area contributed by atoms with Gasteiger partial charge in [0.15, 0.2) is 5.69 Å². The standard InChI is InChI=1S/C12H21N5O3/c1-4-12(2,3)14-9(18)7-17-8(5-6-13)10(11(19)20)15-16-17/h4-7,13H2,1-3H3,(H,14,18)(H,19,20). The Bertz CT molecular complexity index is 495. The summed E-state index contributed by atoms with van der Waals surface area (Å²) in [6.45, 7) is 5.98. The molecule has 0 saturated carbocycles. The van der Waals surface area contributed by atoms with E-state index in [1.165, 1.54) is 4.68 Å². The number of carbonyl (C=O) groups is 2. The molecule has 0 aliphatic carbocycles. The van der Waals surface area contributed by atoms with Crippen molar-refractivity contribution in [3.05, 3.63) is 11.4 Å². The van der Waals surface area contributed by atoms with Crippen LogP contribution in [0.4, 0.5) is 0 Å². The molecule has 1 heterocycles. The minimum Gasteiger partial charge on any atom is -0.476 e. The van der Waals surface area contributed by atoms with Gasteiger partial charge in [-0.25, -0.2) is 9.48 Å². The first kappa shape index (κ1) is 16.1. The molecule has 8 heteroatoms. The van der Waals surface area contributed by atoms with E-state index in [1.807, 2.05) is 20.8 Å². The summed E-state index contributed by atoms with van der Waals surface area (Å²) < 4.78 is 1.29. The number of nitrogens with two attached hydrogens (primary N) is 1. The van der Waals surface area contributed by atoms with Gasteiger partial charge in [-0.1, -0.05) is 12.1 Å². The second-order valence-corrected chi connectivity index (χ2v) is 5.17. The van der Waals surface area contributed by atoms with Crippen molar-refractivity contribution in [2.24, 2.45) is 5.73 Å². The highest BCUT2D eigenvalue weighted by atomic mass is 16.4. The van der Waals surface area contributed by atoms with Crippen molar-refractivity contribution >= 4 is 11.9 Å². The summed E-state index contributed by atoms with van der Waals surface area (Å²) in [6.07, 6.45) is 1.09. The van der Waals surface area contributed by atoms with Gasteiger partial charge in [-0.15, -0.1) is 5.10 Å². The van der Waals surface area contributed by atoms with E-state index in [4.69, 9.17) is 10.8 Å². The Balaban J connectivity index is 2.87. The number of carboxylic acid groups (broad SMARTS) is 1. The van der Waals surface area contributed by atoms with E-state index in [0.717, 1.165) is 6.42 Å². The first-order chi connectivity index (χ1) is 9.30. The SMILES string of the molecule is CCC(C)(C)NC(=O)Cn1nnc(C(=O)O)c1CCN. The minimum atomic E-state index is -1.17. The second-order valence-electron chi connectivity index (χ2n) is 5.17. The van der Waals surface area contributed by atoms with Crippen molar-refractivity contribution in [3.8, 4) is 0 Å². The number of amides is 1. The molecule has 0 fully saturated rings. The van der Waals surface area contributed by atoms with E-state index < -0.39 is 5.97 Å². The van der Waals surface area contributed by atoms with Crippen molar-refractivity contribution in [1.29, 1.82) is 0 Å². The lowest BCUT2D eigenvalue weighted by Crippen LogP contribution is -2.44. The van der Waals surface area contributed by atoms with Crippen molar-refractivity contribution in [3.63, 3.8) is 0 Å². The number of nitrogens with one attached hydrogen (secondary N) is 1. The summed E-state index contributed by atoms with van der Waals surface area (Å²) in [5, 5.41) is 19.2. The van der Waals surface area contributed by atoms with E-state index in [2.05, 4.69) is 15.6 Å². The monoisotopic (exact) mass is 283 g/mol. The highest BCUT2D eigenvalue weighted by Crippen LogP contribution is 2.09. The lowest BCUT2D eigenvalue weighted by Gasteiger charge is -2.24. The largest absolute Gasteiger partial charge is 0.476 e. The summed E-state index contributed by atoms with van der Waals surface area (Å²) in [6, 6.07) is 0. The van der Waals surface area contributed by atoms with Gasteiger partial charge in [0.25, 0.3) is 0 Å². The van der Waals surface area contributed by atoms with Gasteiger partial charge >= 0.3 is 5.97 Å². The molecular weight excluding hydrogens is 262 g/mol. The van der Waals surface area contributed by atoms with Gasteiger partial charge in [0.2, 0.25) is 5.91 Å². The van der Waals surface area contributed by atoms with Gasteiger partial charge in [0.05, 0.1) is 5.69 Å². The second kappa shape index (κ2) is 6.47. The molecule has 0 aliphatic rings. The zero-order chi connectivity index (χ0) is 15.3. The zero-order valence-corrected chi connectivity index (χ0v) is 12.0. The summed E-state index contributed by atoms with van der Waals surface area (Å²) in [7, 11) is 0. The molecule has 112 valence electrons. The zero-order valence-electron chi connectivity index (χ0n) is 12.0. The first-order valence-electron chi connectivity index (χ1n) is 6.47. The Morgan fingerprint density at radius 2 is 2.10 bits per heavy atom. The van der Waals surface area contributed by atoms with Gasteiger partial charge < -0.3 is 16.2 Å². The Kier molecular flexibility index (Phi) is 5.20. The normalized spacial score (nSPS) is 11.4. The quantitative estimate of drug-likeness (QED) is 0.636. The third-order valence-corrected chi connectivity index (χ3v) is 3.08. The molecule has 0 saturated heterocycles. The average molecular weight is 283 g/mol. The summed E-state index contributed by atoms with van der Waals surface area (Å²) in [5.41, 5.74) is 5.34. The molecule has 1 rings (SSSR count). The van der Waals surface area contributed by atoms with Crippen LogP contribution in [0.1, 0.15) is 43.4 Å². The number of rotatable bonds is 7. The Morgan fingerprint density at radius 1 is 1.45 bits per heavy atom. The Labute approximate surface area is 117 Å². The van der Waals surface area contributed by atoms with Crippen molar-refractivity contribution in [1.82, 2.24) is 20.3 Å². The molecule has 1 aromatic rings. The maximum atomic E-state index is 11.9. The fraction of sp³-hybridized carbons (Fsp3) is 0.667. The van der Waals surface area contributed by atoms with E-state index >= 15 is 0 Å². The van der Waals surface area contributed by atoms with Crippen LogP contribution >= 0.6 is 0 Å². The van der Waals surface area contributed by atoms with Crippen molar-refractivity contribution < 1.29 is 14.7 Å². The third kappa shape index (κ3) is 4.02. The van der Waals surface area contributed by atoms with Gasteiger partial charge in [-0.05, 0) is 26.8 Å². The number of aromatic carboxylic acids is 1. The molecule has 0 aromatic carbocycles. The van der Waals surface area contributed by atoms with Crippen LogP contribution < -0.4 is 11.1 Å². The maximum absolute atomic E-state index is 11.9. The molecular formula is C12H21N5O3. The number of carbonyl (C=O) groups excluding carboxylic acids is 1. The van der Waals surface area contributed by atoms with Crippen LogP contribution in [0.5, 0.6) is 0 Å². The number of hydrogen-bond acceptors (Lipinski definition) is 5. The van der Waals surface area contributed by atoms with Crippen LogP contribution in [0.3, 0.4) is 0 Å². The first-order valence-corrected chi connectivity index (χ1v) is 6.47. The molecule has 0 radical (unpaired) electrons. The number of aromatic nitrogens is 3. The molecule has 4 N–H and O–H groups in total. The summed E-state index contributed by atoms with van der Waals surface area (Å²) in [5.74, 6) is -1.41. The highest BCUT2D eigenvalue weighted by Gasteiger charge is 2.22. The predicted octanol–water partition coefficient (Wildman–Crippen LogP) is -0.218. The number of carboxylic acids is 1.